The van der Waals surface area contributed by atoms with E-state index in [1.807, 2.05) is 19.1 Å². The number of halogens is 2. The third-order valence-electron chi connectivity index (χ3n) is 2.37. The maximum atomic E-state index is 8.96. The molecule has 0 heterocycles. The Morgan fingerprint density at radius 3 is 2.44 bits per heavy atom. The van der Waals surface area contributed by atoms with Crippen molar-refractivity contribution < 1.29 is 10.2 Å². The summed E-state index contributed by atoms with van der Waals surface area (Å²) in [6, 6.07) is 4.95. The van der Waals surface area contributed by atoms with Crippen LogP contribution in [0.3, 0.4) is 0 Å². The molecule has 0 aliphatic carbocycles. The molecule has 0 saturated carbocycles. The minimum atomic E-state index is -0.356. The van der Waals surface area contributed by atoms with Crippen molar-refractivity contribution in [2.45, 2.75) is 19.0 Å². The number of nitrogens with one attached hydrogen (secondary N) is 1. The zero-order valence-electron chi connectivity index (χ0n) is 8.95. The molecule has 5 heteroatoms. The zero-order chi connectivity index (χ0) is 12.1. The van der Waals surface area contributed by atoms with Gasteiger partial charge in [0.15, 0.2) is 0 Å². The van der Waals surface area contributed by atoms with E-state index in [0.29, 0.717) is 10.0 Å². The molecule has 0 bridgehead atoms. The normalized spacial score (nSPS) is 13.1. The maximum Gasteiger partial charge on any atom is 0.0639 e. The van der Waals surface area contributed by atoms with E-state index < -0.39 is 0 Å². The highest BCUT2D eigenvalue weighted by atomic mass is 35.5. The molecule has 0 fully saturated rings. The van der Waals surface area contributed by atoms with E-state index in [1.165, 1.54) is 0 Å². The van der Waals surface area contributed by atoms with Crippen molar-refractivity contribution in [1.82, 2.24) is 5.32 Å². The topological polar surface area (TPSA) is 52.5 Å². The lowest BCUT2D eigenvalue weighted by Gasteiger charge is -2.21. The van der Waals surface area contributed by atoms with Crippen molar-refractivity contribution in [3.63, 3.8) is 0 Å². The molecular formula is C11H15Cl2NO2. The van der Waals surface area contributed by atoms with Gasteiger partial charge in [0.2, 0.25) is 0 Å². The van der Waals surface area contributed by atoms with Gasteiger partial charge in [-0.3, -0.25) is 0 Å². The van der Waals surface area contributed by atoms with Crippen LogP contribution in [0.5, 0.6) is 0 Å². The van der Waals surface area contributed by atoms with Gasteiger partial charge in [-0.2, -0.15) is 0 Å². The first kappa shape index (κ1) is 13.7. The first-order chi connectivity index (χ1) is 7.60. The van der Waals surface area contributed by atoms with Gasteiger partial charge in [0.25, 0.3) is 0 Å². The molecule has 1 aromatic rings. The molecule has 1 rings (SSSR count). The lowest BCUT2D eigenvalue weighted by molar-refractivity contribution is 0.163. The minimum Gasteiger partial charge on any atom is -0.395 e. The van der Waals surface area contributed by atoms with Crippen molar-refractivity contribution in [1.29, 1.82) is 0 Å². The molecule has 0 saturated heterocycles. The average Bonchev–Trinajstić information content (AvgIpc) is 2.29. The number of benzene rings is 1. The Morgan fingerprint density at radius 2 is 1.88 bits per heavy atom. The number of rotatable bonds is 5. The Labute approximate surface area is 105 Å². The number of aliphatic hydroxyl groups is 2. The molecule has 0 aliphatic heterocycles. The second-order valence-corrected chi connectivity index (χ2v) is 4.38. The van der Waals surface area contributed by atoms with Gasteiger partial charge in [0.1, 0.15) is 0 Å². The number of aliphatic hydroxyl groups excluding tert-OH is 2. The summed E-state index contributed by atoms with van der Waals surface area (Å²) in [5.41, 5.74) is 0.848. The molecular weight excluding hydrogens is 249 g/mol. The Morgan fingerprint density at radius 1 is 1.25 bits per heavy atom. The summed E-state index contributed by atoms with van der Waals surface area (Å²) in [5, 5.41) is 22.0. The lowest BCUT2D eigenvalue weighted by Crippen LogP contribution is -2.37. The van der Waals surface area contributed by atoms with Crippen LogP contribution in [0.1, 0.15) is 18.5 Å². The Hall–Kier alpha value is -0.320. The molecule has 0 spiro atoms. The molecule has 1 atom stereocenters. The highest BCUT2D eigenvalue weighted by Crippen LogP contribution is 2.29. The van der Waals surface area contributed by atoms with Crippen LogP contribution < -0.4 is 5.32 Å². The lowest BCUT2D eigenvalue weighted by atomic mass is 10.1. The fourth-order valence-electron chi connectivity index (χ4n) is 1.46. The summed E-state index contributed by atoms with van der Waals surface area (Å²) in [7, 11) is 0. The molecule has 16 heavy (non-hydrogen) atoms. The van der Waals surface area contributed by atoms with E-state index in [0.717, 1.165) is 5.56 Å². The molecule has 3 nitrogen and oxygen atoms in total. The van der Waals surface area contributed by atoms with Crippen molar-refractivity contribution in [3.8, 4) is 0 Å². The van der Waals surface area contributed by atoms with Crippen LogP contribution in [0.15, 0.2) is 18.2 Å². The summed E-state index contributed by atoms with van der Waals surface area (Å²) in [6.45, 7) is 1.65. The monoisotopic (exact) mass is 263 g/mol. The molecule has 0 aromatic heterocycles. The molecule has 1 aromatic carbocycles. The van der Waals surface area contributed by atoms with Gasteiger partial charge >= 0.3 is 0 Å². The van der Waals surface area contributed by atoms with E-state index in [4.69, 9.17) is 33.4 Å². The Balaban J connectivity index is 2.80. The maximum absolute atomic E-state index is 8.96. The van der Waals surface area contributed by atoms with Gasteiger partial charge in [-0.25, -0.2) is 0 Å². The third-order valence-corrected chi connectivity index (χ3v) is 3.21. The van der Waals surface area contributed by atoms with E-state index >= 15 is 0 Å². The highest BCUT2D eigenvalue weighted by Gasteiger charge is 2.15. The number of hydrogen-bond acceptors (Lipinski definition) is 3. The third kappa shape index (κ3) is 3.34. The molecule has 90 valence electrons. The smallest absolute Gasteiger partial charge is 0.0639 e. The van der Waals surface area contributed by atoms with Crippen molar-refractivity contribution in [2.75, 3.05) is 13.2 Å². The summed E-state index contributed by atoms with van der Waals surface area (Å²) in [5.74, 6) is 0. The second kappa shape index (κ2) is 6.42. The minimum absolute atomic E-state index is 0.0875. The highest BCUT2D eigenvalue weighted by molar-refractivity contribution is 6.42. The first-order valence-electron chi connectivity index (χ1n) is 5.01. The van der Waals surface area contributed by atoms with Crippen LogP contribution in [-0.4, -0.2) is 29.5 Å². The van der Waals surface area contributed by atoms with Gasteiger partial charge in [-0.1, -0.05) is 35.3 Å². The van der Waals surface area contributed by atoms with E-state index in [1.54, 1.807) is 6.07 Å². The molecule has 0 radical (unpaired) electrons. The van der Waals surface area contributed by atoms with Gasteiger partial charge in [0, 0.05) is 6.04 Å². The van der Waals surface area contributed by atoms with E-state index in [2.05, 4.69) is 5.32 Å². The average molecular weight is 264 g/mol. The van der Waals surface area contributed by atoms with Gasteiger partial charge in [-0.05, 0) is 18.6 Å². The predicted octanol–water partition coefficient (Wildman–Crippen LogP) is 2.00. The van der Waals surface area contributed by atoms with E-state index in [9.17, 15) is 0 Å². The van der Waals surface area contributed by atoms with Crippen molar-refractivity contribution in [3.05, 3.63) is 33.8 Å². The summed E-state index contributed by atoms with van der Waals surface area (Å²) in [4.78, 5) is 0. The summed E-state index contributed by atoms with van der Waals surface area (Å²) < 4.78 is 0. The molecule has 1 unspecified atom stereocenters. The molecule has 3 N–H and O–H groups in total. The van der Waals surface area contributed by atoms with Gasteiger partial charge in [0.05, 0.1) is 29.3 Å². The Kier molecular flexibility index (Phi) is 5.52. The van der Waals surface area contributed by atoms with Crippen LogP contribution in [0.4, 0.5) is 0 Å². The number of hydrogen-bond donors (Lipinski definition) is 3. The summed E-state index contributed by atoms with van der Waals surface area (Å²) >= 11 is 12.0. The predicted molar refractivity (Wildman–Crippen MR) is 66.0 cm³/mol. The Bertz CT molecular complexity index is 343. The van der Waals surface area contributed by atoms with Crippen LogP contribution in [0.2, 0.25) is 10.0 Å². The summed E-state index contributed by atoms with van der Waals surface area (Å²) in [6.07, 6.45) is 0. The second-order valence-electron chi connectivity index (χ2n) is 3.59. The van der Waals surface area contributed by atoms with Gasteiger partial charge in [-0.15, -0.1) is 0 Å². The van der Waals surface area contributed by atoms with Crippen LogP contribution in [-0.2, 0) is 0 Å². The van der Waals surface area contributed by atoms with Crippen LogP contribution in [0.25, 0.3) is 0 Å². The first-order valence-corrected chi connectivity index (χ1v) is 5.77. The molecule has 0 amide bonds. The van der Waals surface area contributed by atoms with Crippen LogP contribution in [0, 0.1) is 0 Å². The van der Waals surface area contributed by atoms with Crippen molar-refractivity contribution in [2.24, 2.45) is 0 Å². The van der Waals surface area contributed by atoms with E-state index in [-0.39, 0.29) is 25.3 Å². The fourth-order valence-corrected chi connectivity index (χ4v) is 1.93. The quantitative estimate of drug-likeness (QED) is 0.762. The SMILES string of the molecule is CC(NC(CO)CO)c1cccc(Cl)c1Cl. The zero-order valence-corrected chi connectivity index (χ0v) is 10.5. The largest absolute Gasteiger partial charge is 0.395 e. The standard InChI is InChI=1S/C11H15Cl2NO2/c1-7(14-8(5-15)6-16)9-3-2-4-10(12)11(9)13/h2-4,7-8,14-16H,5-6H2,1H3. The van der Waals surface area contributed by atoms with Crippen molar-refractivity contribution >= 4 is 23.2 Å². The fraction of sp³-hybridized carbons (Fsp3) is 0.455. The van der Waals surface area contributed by atoms with Gasteiger partial charge < -0.3 is 15.5 Å². The van der Waals surface area contributed by atoms with Crippen LogP contribution >= 0.6 is 23.2 Å². The molecule has 0 aliphatic rings.